The van der Waals surface area contributed by atoms with Crippen LogP contribution in [0.3, 0.4) is 0 Å². The summed E-state index contributed by atoms with van der Waals surface area (Å²) in [5.74, 6) is -0.862. The Kier molecular flexibility index (Phi) is 2.36. The van der Waals surface area contributed by atoms with Crippen LogP contribution in [-0.2, 0) is 14.3 Å². The molecule has 1 heterocycles. The van der Waals surface area contributed by atoms with E-state index in [1.807, 2.05) is 0 Å². The molecule has 0 atom stereocenters. The number of nitrogens with zero attached hydrogens (tertiary/aromatic N) is 1. The molecule has 0 aromatic carbocycles. The van der Waals surface area contributed by atoms with Crippen LogP contribution >= 0.6 is 0 Å². The van der Waals surface area contributed by atoms with Crippen LogP contribution in [0.1, 0.15) is 20.8 Å². The van der Waals surface area contributed by atoms with Crippen molar-refractivity contribution in [2.75, 3.05) is 6.54 Å². The van der Waals surface area contributed by atoms with Crippen LogP contribution in [0.25, 0.3) is 0 Å². The molecule has 0 bridgehead atoms. The molecule has 1 aliphatic heterocycles. The van der Waals surface area contributed by atoms with E-state index >= 15 is 0 Å². The minimum atomic E-state index is -0.585. The maximum Gasteiger partial charge on any atom is 0.374 e. The topological polar surface area (TPSA) is 67.8 Å². The molecule has 1 rings (SSSR count). The van der Waals surface area contributed by atoms with Crippen molar-refractivity contribution in [2.24, 2.45) is 4.99 Å². The third-order valence-corrected chi connectivity index (χ3v) is 1.23. The first-order chi connectivity index (χ1) is 5.88. The van der Waals surface area contributed by atoms with Crippen LogP contribution in [0, 0.1) is 0 Å². The molecule has 1 aliphatic rings. The highest BCUT2D eigenvalue weighted by atomic mass is 16.6. The Morgan fingerprint density at radius 3 is 2.54 bits per heavy atom. The smallest absolute Gasteiger partial charge is 0.374 e. The third kappa shape index (κ3) is 2.85. The molecular formula is C8H12N2O3. The summed E-state index contributed by atoms with van der Waals surface area (Å²) >= 11 is 0. The zero-order chi connectivity index (χ0) is 10.1. The number of amides is 1. The lowest BCUT2D eigenvalue weighted by Gasteiger charge is -2.18. The Hall–Kier alpha value is -1.39. The highest BCUT2D eigenvalue weighted by molar-refractivity contribution is 6.39. The lowest BCUT2D eigenvalue weighted by atomic mass is 10.2. The summed E-state index contributed by atoms with van der Waals surface area (Å²) in [6, 6.07) is 0. The molecule has 0 fully saturated rings. The molecule has 0 aromatic rings. The van der Waals surface area contributed by atoms with E-state index in [1.54, 1.807) is 20.8 Å². The summed E-state index contributed by atoms with van der Waals surface area (Å²) in [6.45, 7) is 5.27. The molecule has 0 unspecified atom stereocenters. The Morgan fingerprint density at radius 2 is 2.15 bits per heavy atom. The van der Waals surface area contributed by atoms with E-state index in [2.05, 4.69) is 10.3 Å². The van der Waals surface area contributed by atoms with Gasteiger partial charge in [0.05, 0.1) is 0 Å². The Labute approximate surface area is 76.2 Å². The summed E-state index contributed by atoms with van der Waals surface area (Å²) < 4.78 is 4.99. The van der Waals surface area contributed by atoms with Crippen LogP contribution in [0.15, 0.2) is 4.99 Å². The molecule has 0 saturated heterocycles. The van der Waals surface area contributed by atoms with Crippen molar-refractivity contribution in [1.82, 2.24) is 5.32 Å². The first-order valence-electron chi connectivity index (χ1n) is 3.96. The van der Waals surface area contributed by atoms with E-state index in [0.717, 1.165) is 0 Å². The summed E-state index contributed by atoms with van der Waals surface area (Å²) in [6.07, 6.45) is 0. The van der Waals surface area contributed by atoms with Crippen LogP contribution < -0.4 is 5.32 Å². The molecule has 13 heavy (non-hydrogen) atoms. The number of amidine groups is 1. The van der Waals surface area contributed by atoms with E-state index in [-0.39, 0.29) is 18.3 Å². The number of hydrogen-bond donors (Lipinski definition) is 1. The molecule has 0 saturated carbocycles. The largest absolute Gasteiger partial charge is 0.454 e. The van der Waals surface area contributed by atoms with Gasteiger partial charge in [-0.2, -0.15) is 0 Å². The van der Waals surface area contributed by atoms with Crippen LogP contribution in [0.2, 0.25) is 0 Å². The maximum atomic E-state index is 11.2. The van der Waals surface area contributed by atoms with Gasteiger partial charge >= 0.3 is 5.97 Å². The SMILES string of the molecule is CC(C)(C)OC(=O)C1=NCC(=O)N1. The van der Waals surface area contributed by atoms with Crippen molar-refractivity contribution in [2.45, 2.75) is 26.4 Å². The number of ether oxygens (including phenoxy) is 1. The number of hydrogen-bond acceptors (Lipinski definition) is 4. The van der Waals surface area contributed by atoms with E-state index in [9.17, 15) is 9.59 Å². The van der Waals surface area contributed by atoms with Gasteiger partial charge in [0.2, 0.25) is 11.7 Å². The van der Waals surface area contributed by atoms with Crippen LogP contribution in [-0.4, -0.2) is 29.9 Å². The van der Waals surface area contributed by atoms with Crippen LogP contribution in [0.5, 0.6) is 0 Å². The second kappa shape index (κ2) is 3.16. The molecular weight excluding hydrogens is 172 g/mol. The van der Waals surface area contributed by atoms with Gasteiger partial charge in [-0.25, -0.2) is 4.79 Å². The molecule has 0 aromatic heterocycles. The van der Waals surface area contributed by atoms with Gasteiger partial charge in [-0.1, -0.05) is 0 Å². The molecule has 0 radical (unpaired) electrons. The molecule has 72 valence electrons. The standard InChI is InChI=1S/C8H12N2O3/c1-8(2,3)13-7(12)6-9-4-5(11)10-6/h4H2,1-3H3,(H,9,10,11). The molecule has 1 amide bonds. The van der Waals surface area contributed by atoms with Gasteiger partial charge in [0.1, 0.15) is 12.1 Å². The number of carbonyl (C=O) groups is 2. The number of esters is 1. The minimum absolute atomic E-state index is 0.0000694. The highest BCUT2D eigenvalue weighted by Crippen LogP contribution is 2.07. The fourth-order valence-electron chi connectivity index (χ4n) is 0.804. The predicted molar refractivity (Wildman–Crippen MR) is 46.3 cm³/mol. The number of carbonyl (C=O) groups excluding carboxylic acids is 2. The van der Waals surface area contributed by atoms with Gasteiger partial charge < -0.3 is 10.1 Å². The van der Waals surface area contributed by atoms with Crippen molar-refractivity contribution in [3.63, 3.8) is 0 Å². The van der Waals surface area contributed by atoms with Crippen molar-refractivity contribution < 1.29 is 14.3 Å². The molecule has 0 spiro atoms. The summed E-state index contributed by atoms with van der Waals surface area (Å²) in [5.41, 5.74) is -0.563. The van der Waals surface area contributed by atoms with Gasteiger partial charge in [-0.05, 0) is 20.8 Å². The van der Waals surface area contributed by atoms with Gasteiger partial charge in [-0.15, -0.1) is 0 Å². The van der Waals surface area contributed by atoms with E-state index < -0.39 is 11.6 Å². The van der Waals surface area contributed by atoms with Gasteiger partial charge in [-0.3, -0.25) is 9.79 Å². The zero-order valence-electron chi connectivity index (χ0n) is 7.88. The second-order valence-electron chi connectivity index (χ2n) is 3.71. The van der Waals surface area contributed by atoms with Crippen LogP contribution in [0.4, 0.5) is 0 Å². The van der Waals surface area contributed by atoms with E-state index in [0.29, 0.717) is 0 Å². The van der Waals surface area contributed by atoms with Gasteiger partial charge in [0, 0.05) is 0 Å². The fourth-order valence-corrected chi connectivity index (χ4v) is 0.804. The van der Waals surface area contributed by atoms with Gasteiger partial charge in [0.25, 0.3) is 0 Å². The average molecular weight is 184 g/mol. The molecule has 1 N–H and O–H groups in total. The Morgan fingerprint density at radius 1 is 1.54 bits per heavy atom. The first-order valence-corrected chi connectivity index (χ1v) is 3.96. The normalized spacial score (nSPS) is 16.5. The fraction of sp³-hybridized carbons (Fsp3) is 0.625. The Bertz CT molecular complexity index is 276. The lowest BCUT2D eigenvalue weighted by molar-refractivity contribution is -0.146. The first kappa shape index (κ1) is 9.70. The number of aliphatic imine (C=N–C) groups is 1. The quantitative estimate of drug-likeness (QED) is 0.576. The summed E-state index contributed by atoms with van der Waals surface area (Å²) in [5, 5.41) is 2.31. The number of rotatable bonds is 1. The summed E-state index contributed by atoms with van der Waals surface area (Å²) in [7, 11) is 0. The van der Waals surface area contributed by atoms with E-state index in [1.165, 1.54) is 0 Å². The highest BCUT2D eigenvalue weighted by Gasteiger charge is 2.25. The molecule has 0 aliphatic carbocycles. The third-order valence-electron chi connectivity index (χ3n) is 1.23. The van der Waals surface area contributed by atoms with Crippen molar-refractivity contribution in [3.05, 3.63) is 0 Å². The van der Waals surface area contributed by atoms with Crippen molar-refractivity contribution in [1.29, 1.82) is 0 Å². The minimum Gasteiger partial charge on any atom is -0.454 e. The van der Waals surface area contributed by atoms with Crippen molar-refractivity contribution in [3.8, 4) is 0 Å². The zero-order valence-corrected chi connectivity index (χ0v) is 7.88. The van der Waals surface area contributed by atoms with Gasteiger partial charge in [0.15, 0.2) is 0 Å². The Balaban J connectivity index is 2.55. The molecule has 5 heteroatoms. The number of nitrogens with one attached hydrogen (secondary N) is 1. The monoisotopic (exact) mass is 184 g/mol. The average Bonchev–Trinajstić information content (AvgIpc) is 2.31. The lowest BCUT2D eigenvalue weighted by Crippen LogP contribution is -2.36. The van der Waals surface area contributed by atoms with Crippen molar-refractivity contribution >= 4 is 17.7 Å². The van der Waals surface area contributed by atoms with E-state index in [4.69, 9.17) is 4.74 Å². The maximum absolute atomic E-state index is 11.2. The molecule has 5 nitrogen and oxygen atoms in total. The summed E-state index contributed by atoms with van der Waals surface area (Å²) in [4.78, 5) is 25.6. The second-order valence-corrected chi connectivity index (χ2v) is 3.71. The predicted octanol–water partition coefficient (Wildman–Crippen LogP) is -0.144.